The molecule has 0 saturated carbocycles. The van der Waals surface area contributed by atoms with E-state index in [1.807, 2.05) is 57.3 Å². The summed E-state index contributed by atoms with van der Waals surface area (Å²) in [5.74, 6) is 0.333. The minimum atomic E-state index is -0.750. The fraction of sp³-hybridized carbons (Fsp3) is 0.458. The monoisotopic (exact) mass is 1060 g/mol. The molecule has 0 N–H and O–H groups in total. The molecule has 0 amide bonds. The van der Waals surface area contributed by atoms with Gasteiger partial charge in [-0.25, -0.2) is 8.78 Å². The fourth-order valence-corrected chi connectivity index (χ4v) is 8.92. The summed E-state index contributed by atoms with van der Waals surface area (Å²) in [5.41, 5.74) is 8.25. The number of benzene rings is 4. The molecule has 74 heavy (non-hydrogen) atoms. The number of aromatic nitrogens is 4. The molecular weight excluding hydrogens is 987 g/mol. The number of carbonyl (C=O) groups is 2. The van der Waals surface area contributed by atoms with Gasteiger partial charge in [-0.15, -0.1) is 5.60 Å². The number of halogens is 3. The fourth-order valence-electron chi connectivity index (χ4n) is 8.92. The summed E-state index contributed by atoms with van der Waals surface area (Å²) in [6, 6.07) is 26.5. The number of hydrogen-bond acceptors (Lipinski definition) is 8. The van der Waals surface area contributed by atoms with Crippen molar-refractivity contribution < 1.29 is 89.1 Å². The summed E-state index contributed by atoms with van der Waals surface area (Å²) in [6.07, 6.45) is 10.2. The number of carbonyl (C=O) groups excluding carboxylic acids is 2. The molecule has 390 valence electrons. The normalized spacial score (nSPS) is 16.0. The predicted molar refractivity (Wildman–Crippen MR) is 287 cm³/mol. The van der Waals surface area contributed by atoms with Gasteiger partial charge in [-0.3, -0.25) is 14.6 Å². The maximum Gasteiger partial charge on any atom is 1.00 e. The summed E-state index contributed by atoms with van der Waals surface area (Å²) < 4.78 is 49.1. The van der Waals surface area contributed by atoms with Crippen molar-refractivity contribution in [3.8, 4) is 11.4 Å². The van der Waals surface area contributed by atoms with Gasteiger partial charge >= 0.3 is 51.4 Å². The Bertz CT molecular complexity index is 3000. The van der Waals surface area contributed by atoms with Crippen LogP contribution in [0.1, 0.15) is 140 Å². The Morgan fingerprint density at radius 3 is 1.45 bits per heavy atom. The number of nitrogens with zero attached hydrogens (tertiary/aromatic N) is 5. The van der Waals surface area contributed by atoms with Gasteiger partial charge in [-0.2, -0.15) is 9.78 Å². The summed E-state index contributed by atoms with van der Waals surface area (Å²) in [7, 11) is 0. The molecule has 0 spiro atoms. The van der Waals surface area contributed by atoms with Crippen LogP contribution in [0.15, 0.2) is 96.1 Å². The van der Waals surface area contributed by atoms with E-state index in [4.69, 9.17) is 25.8 Å². The van der Waals surface area contributed by atoms with Crippen LogP contribution in [-0.4, -0.2) is 81.5 Å². The van der Waals surface area contributed by atoms with Crippen LogP contribution in [0.25, 0.3) is 44.1 Å². The molecule has 0 radical (unpaired) electrons. The number of ether oxygens (including phenoxy) is 3. The Kier molecular flexibility index (Phi) is 20.8. The SMILES string of the molecule is C1CCOC1.CC(C)(C)C(=O)Cl.CC(C)(C)C(=O)n1ncc2cc3c(cc(C4CCOCC4)n3-c3ccc(F)cc3)cc21.CC(C)(C)[O-].Fc1ccc(-n2c(C3CCOCC3)cc3cc4c(cc32)C=NC4)cc1.[K+]. The van der Waals surface area contributed by atoms with Gasteiger partial charge < -0.3 is 28.5 Å². The van der Waals surface area contributed by atoms with Gasteiger partial charge in [0.2, 0.25) is 5.24 Å². The molecule has 4 aliphatic heterocycles. The second-order valence-corrected chi connectivity index (χ2v) is 22.5. The van der Waals surface area contributed by atoms with Gasteiger partial charge in [0.25, 0.3) is 5.91 Å². The Morgan fingerprint density at radius 2 is 1.03 bits per heavy atom. The molecule has 7 heterocycles. The first-order chi connectivity index (χ1) is 34.6. The zero-order chi connectivity index (χ0) is 52.7. The van der Waals surface area contributed by atoms with E-state index in [0.717, 1.165) is 105 Å². The average Bonchev–Trinajstić information content (AvgIpc) is 4.22. The van der Waals surface area contributed by atoms with Crippen LogP contribution < -0.4 is 56.5 Å². The molecule has 15 heteroatoms. The number of hydrogen-bond donors (Lipinski definition) is 0. The third kappa shape index (κ3) is 15.6. The van der Waals surface area contributed by atoms with Crippen LogP contribution in [0.4, 0.5) is 8.78 Å². The molecular formula is C59H71ClF2KN5O6. The first-order valence-corrected chi connectivity index (χ1v) is 25.9. The Balaban J connectivity index is 0.000000183. The molecule has 3 saturated heterocycles. The van der Waals surface area contributed by atoms with Gasteiger partial charge in [-0.05, 0) is 146 Å². The van der Waals surface area contributed by atoms with Crippen molar-refractivity contribution in [1.29, 1.82) is 0 Å². The van der Waals surface area contributed by atoms with E-state index in [1.54, 1.807) is 47.7 Å². The van der Waals surface area contributed by atoms with Crippen molar-refractivity contribution in [1.82, 2.24) is 18.9 Å². The van der Waals surface area contributed by atoms with Crippen LogP contribution in [-0.2, 0) is 25.5 Å². The topological polar surface area (TPSA) is 125 Å². The van der Waals surface area contributed by atoms with Gasteiger partial charge in [0.15, 0.2) is 0 Å². The quantitative estimate of drug-likeness (QED) is 0.127. The van der Waals surface area contributed by atoms with E-state index in [2.05, 4.69) is 49.6 Å². The van der Waals surface area contributed by atoms with Crippen molar-refractivity contribution in [2.24, 2.45) is 15.8 Å². The van der Waals surface area contributed by atoms with E-state index in [-0.39, 0.29) is 79.6 Å². The third-order valence-electron chi connectivity index (χ3n) is 12.8. The van der Waals surface area contributed by atoms with Crippen LogP contribution in [0, 0.1) is 22.5 Å². The van der Waals surface area contributed by atoms with E-state index < -0.39 is 11.0 Å². The van der Waals surface area contributed by atoms with Crippen LogP contribution in [0.2, 0.25) is 0 Å². The second kappa shape index (κ2) is 25.9. The molecule has 11 rings (SSSR count). The summed E-state index contributed by atoms with van der Waals surface area (Å²) in [6.45, 7) is 21.8. The van der Waals surface area contributed by atoms with E-state index in [0.29, 0.717) is 11.8 Å². The molecule has 4 aromatic carbocycles. The summed E-state index contributed by atoms with van der Waals surface area (Å²) in [5, 5.41) is 17.4. The molecule has 0 unspecified atom stereocenters. The van der Waals surface area contributed by atoms with Crippen LogP contribution in [0.5, 0.6) is 0 Å². The smallest absolute Gasteiger partial charge is 0.850 e. The summed E-state index contributed by atoms with van der Waals surface area (Å²) >= 11 is 5.11. The molecule has 3 fully saturated rings. The summed E-state index contributed by atoms with van der Waals surface area (Å²) in [4.78, 5) is 27.5. The largest absolute Gasteiger partial charge is 1.00 e. The number of aliphatic imine (C=N–C) groups is 1. The zero-order valence-electron chi connectivity index (χ0n) is 44.9. The van der Waals surface area contributed by atoms with Crippen molar-refractivity contribution in [2.45, 2.75) is 125 Å². The molecule has 0 bridgehead atoms. The van der Waals surface area contributed by atoms with Gasteiger partial charge in [-0.1, -0.05) is 62.3 Å². The second-order valence-electron chi connectivity index (χ2n) is 22.2. The van der Waals surface area contributed by atoms with Gasteiger partial charge in [0, 0.05) is 107 Å². The standard InChI is InChI=1S/C25H26FN3O2.C21H19FN2O.C5H9ClO.C4H8O.C4H9O.K/c1-25(2,3)24(30)29-23-13-17-12-21(16-8-10-31-11-9-16)28(20-6-4-19(26)5-7-20)22(17)14-18(23)15-27-29;22-18-1-3-19(4-2-18)24-20(14-5-7-25-8-6-14)10-15-9-16-12-23-13-17(16)11-21(15)24;1-5(2,3)4(6)7;1-2-4-5-3-1;1-4(2,3)5;/h4-7,12-16H,8-11H2,1-3H3;1-4,9-11,13-14H,5-8,12H2;1-3H3;1-4H2;1-3H3;/q;;;;-1;+1. The first-order valence-electron chi connectivity index (χ1n) is 25.5. The third-order valence-corrected chi connectivity index (χ3v) is 13.4. The Hall–Kier alpha value is -3.93. The maximum absolute atomic E-state index is 13.6. The minimum Gasteiger partial charge on any atom is -0.850 e. The number of rotatable bonds is 4. The van der Waals surface area contributed by atoms with Crippen molar-refractivity contribution >= 4 is 61.7 Å². The van der Waals surface area contributed by atoms with E-state index >= 15 is 0 Å². The number of fused-ring (bicyclic) bond motifs is 4. The molecule has 4 aliphatic rings. The first kappa shape index (κ1) is 59.3. The average molecular weight is 1060 g/mol. The molecule has 0 aliphatic carbocycles. The van der Waals surface area contributed by atoms with Gasteiger partial charge in [0.1, 0.15) is 11.6 Å². The molecule has 11 nitrogen and oxygen atoms in total. The zero-order valence-corrected chi connectivity index (χ0v) is 48.8. The van der Waals surface area contributed by atoms with E-state index in [1.165, 1.54) is 75.2 Å². The Labute approximate surface area is 482 Å². The molecule has 7 aromatic rings. The molecule has 0 atom stereocenters. The maximum atomic E-state index is 13.6. The van der Waals surface area contributed by atoms with Crippen molar-refractivity contribution in [2.75, 3.05) is 39.6 Å². The van der Waals surface area contributed by atoms with Crippen LogP contribution >= 0.6 is 11.6 Å². The molecule has 3 aromatic heterocycles. The Morgan fingerprint density at radius 1 is 0.608 bits per heavy atom. The van der Waals surface area contributed by atoms with Crippen molar-refractivity contribution in [3.05, 3.63) is 125 Å². The van der Waals surface area contributed by atoms with Crippen LogP contribution in [0.3, 0.4) is 0 Å². The minimum absolute atomic E-state index is 0. The van der Waals surface area contributed by atoms with E-state index in [9.17, 15) is 23.5 Å². The van der Waals surface area contributed by atoms with Gasteiger partial charge in [0.05, 0.1) is 29.3 Å². The predicted octanol–water partition coefficient (Wildman–Crippen LogP) is 10.0. The van der Waals surface area contributed by atoms with Crippen molar-refractivity contribution in [3.63, 3.8) is 0 Å².